The first-order valence-corrected chi connectivity index (χ1v) is 5.03. The molecule has 0 fully saturated rings. The minimum Gasteiger partial charge on any atom is -0.504 e. The zero-order valence-corrected chi connectivity index (χ0v) is 9.55. The van der Waals surface area contributed by atoms with E-state index >= 15 is 0 Å². The Labute approximate surface area is 97.9 Å². The molecule has 1 aromatic rings. The summed E-state index contributed by atoms with van der Waals surface area (Å²) in [6.07, 6.45) is -3.42. The summed E-state index contributed by atoms with van der Waals surface area (Å²) >= 11 is 0. The number of benzene rings is 1. The average Bonchev–Trinajstić information content (AvgIpc) is 2.24. The number of aliphatic hydroxyl groups is 1. The molecule has 4 heteroatoms. The van der Waals surface area contributed by atoms with Crippen LogP contribution in [0.3, 0.4) is 0 Å². The van der Waals surface area contributed by atoms with E-state index in [9.17, 15) is 18.3 Å². The molecule has 0 unspecified atom stereocenters. The van der Waals surface area contributed by atoms with Crippen molar-refractivity contribution in [3.8, 4) is 0 Å². The van der Waals surface area contributed by atoms with Crippen LogP contribution in [0.25, 0.3) is 5.57 Å². The second kappa shape index (κ2) is 5.08. The van der Waals surface area contributed by atoms with Gasteiger partial charge in [-0.2, -0.15) is 13.2 Å². The predicted octanol–water partition coefficient (Wildman–Crippen LogP) is 4.48. The van der Waals surface area contributed by atoms with E-state index in [1.54, 1.807) is 32.0 Å². The predicted molar refractivity (Wildman–Crippen MR) is 61.5 cm³/mol. The van der Waals surface area contributed by atoms with Gasteiger partial charge >= 0.3 is 6.18 Å². The minimum absolute atomic E-state index is 0.210. The summed E-state index contributed by atoms with van der Waals surface area (Å²) in [7, 11) is 0. The van der Waals surface area contributed by atoms with E-state index in [0.29, 0.717) is 11.1 Å². The number of aliphatic hydroxyl groups excluding tert-OH is 1. The largest absolute Gasteiger partial charge is 0.504 e. The Balaban J connectivity index is 3.38. The molecule has 0 amide bonds. The second-order valence-corrected chi connectivity index (χ2v) is 3.85. The number of hydrogen-bond acceptors (Lipinski definition) is 1. The standard InChI is InChI=1S/C13H13F3O/c1-9(2)8-11(12(17)13(14,15)16)10-6-4-3-5-7-10/h3-8,17H,1-2H3/b12-11-. The molecule has 0 heterocycles. The highest BCUT2D eigenvalue weighted by atomic mass is 19.4. The number of allylic oxidation sites excluding steroid dienone is 4. The molecular formula is C13H13F3O. The molecule has 0 atom stereocenters. The Bertz CT molecular complexity index is 437. The Morgan fingerprint density at radius 2 is 1.65 bits per heavy atom. The van der Waals surface area contributed by atoms with Gasteiger partial charge in [-0.1, -0.05) is 42.0 Å². The van der Waals surface area contributed by atoms with Gasteiger partial charge < -0.3 is 5.11 Å². The van der Waals surface area contributed by atoms with Crippen LogP contribution in [0.15, 0.2) is 47.7 Å². The van der Waals surface area contributed by atoms with Crippen molar-refractivity contribution in [1.29, 1.82) is 0 Å². The molecule has 1 N–H and O–H groups in total. The third kappa shape index (κ3) is 3.66. The molecule has 0 radical (unpaired) electrons. The van der Waals surface area contributed by atoms with E-state index < -0.39 is 11.9 Å². The summed E-state index contributed by atoms with van der Waals surface area (Å²) in [6.45, 7) is 3.35. The first kappa shape index (κ1) is 13.4. The van der Waals surface area contributed by atoms with Crippen LogP contribution in [0.1, 0.15) is 19.4 Å². The van der Waals surface area contributed by atoms with Gasteiger partial charge in [0.2, 0.25) is 5.76 Å². The van der Waals surface area contributed by atoms with Crippen LogP contribution >= 0.6 is 0 Å². The van der Waals surface area contributed by atoms with Gasteiger partial charge in [0.15, 0.2) is 0 Å². The summed E-state index contributed by atoms with van der Waals surface area (Å²) in [5, 5.41) is 9.26. The summed E-state index contributed by atoms with van der Waals surface area (Å²) in [4.78, 5) is 0. The topological polar surface area (TPSA) is 20.2 Å². The van der Waals surface area contributed by atoms with Gasteiger partial charge in [0.1, 0.15) is 0 Å². The fourth-order valence-electron chi connectivity index (χ4n) is 1.35. The Morgan fingerprint density at radius 1 is 1.12 bits per heavy atom. The lowest BCUT2D eigenvalue weighted by molar-refractivity contribution is -0.119. The van der Waals surface area contributed by atoms with Gasteiger partial charge in [-0.3, -0.25) is 0 Å². The maximum absolute atomic E-state index is 12.5. The monoisotopic (exact) mass is 242 g/mol. The smallest absolute Gasteiger partial charge is 0.449 e. The summed E-state index contributed by atoms with van der Waals surface area (Å²) in [5.74, 6) is -1.56. The van der Waals surface area contributed by atoms with E-state index in [2.05, 4.69) is 0 Å². The van der Waals surface area contributed by atoms with Gasteiger partial charge in [0, 0.05) is 5.57 Å². The van der Waals surface area contributed by atoms with Crippen molar-refractivity contribution < 1.29 is 18.3 Å². The number of halogens is 3. The quantitative estimate of drug-likeness (QED) is 0.598. The van der Waals surface area contributed by atoms with E-state index in [-0.39, 0.29) is 5.57 Å². The highest BCUT2D eigenvalue weighted by Crippen LogP contribution is 2.31. The number of alkyl halides is 3. The van der Waals surface area contributed by atoms with Crippen LogP contribution in [-0.2, 0) is 0 Å². The van der Waals surface area contributed by atoms with Gasteiger partial charge in [-0.15, -0.1) is 0 Å². The van der Waals surface area contributed by atoms with Crippen LogP contribution in [-0.4, -0.2) is 11.3 Å². The van der Waals surface area contributed by atoms with Crippen LogP contribution in [0, 0.1) is 0 Å². The third-order valence-electron chi connectivity index (χ3n) is 2.04. The lowest BCUT2D eigenvalue weighted by Gasteiger charge is -2.11. The molecule has 92 valence electrons. The molecule has 0 bridgehead atoms. The molecule has 0 aliphatic heterocycles. The summed E-state index contributed by atoms with van der Waals surface area (Å²) in [5.41, 5.74) is 0.807. The van der Waals surface area contributed by atoms with Crippen molar-refractivity contribution >= 4 is 5.57 Å². The Kier molecular flexibility index (Phi) is 3.99. The summed E-state index contributed by atoms with van der Waals surface area (Å²) in [6, 6.07) is 8.00. The number of hydrogen-bond donors (Lipinski definition) is 1. The molecule has 0 saturated carbocycles. The molecule has 0 aliphatic carbocycles. The van der Waals surface area contributed by atoms with Crippen LogP contribution in [0.4, 0.5) is 13.2 Å². The molecule has 0 saturated heterocycles. The van der Waals surface area contributed by atoms with Crippen LogP contribution < -0.4 is 0 Å². The summed E-state index contributed by atoms with van der Waals surface area (Å²) < 4.78 is 37.5. The van der Waals surface area contributed by atoms with Crippen molar-refractivity contribution in [3.63, 3.8) is 0 Å². The Morgan fingerprint density at radius 3 is 2.06 bits per heavy atom. The molecule has 0 aromatic heterocycles. The molecule has 0 aliphatic rings. The first-order chi connectivity index (χ1) is 7.82. The van der Waals surface area contributed by atoms with Gasteiger partial charge in [-0.05, 0) is 19.4 Å². The fourth-order valence-corrected chi connectivity index (χ4v) is 1.35. The first-order valence-electron chi connectivity index (χ1n) is 5.03. The van der Waals surface area contributed by atoms with Crippen molar-refractivity contribution in [3.05, 3.63) is 53.3 Å². The Hall–Kier alpha value is -1.71. The maximum atomic E-state index is 12.5. The zero-order chi connectivity index (χ0) is 13.1. The zero-order valence-electron chi connectivity index (χ0n) is 9.55. The van der Waals surface area contributed by atoms with E-state index in [1.807, 2.05) is 0 Å². The molecule has 1 aromatic carbocycles. The van der Waals surface area contributed by atoms with Gasteiger partial charge in [0.05, 0.1) is 0 Å². The van der Waals surface area contributed by atoms with E-state index in [1.165, 1.54) is 18.2 Å². The second-order valence-electron chi connectivity index (χ2n) is 3.85. The van der Waals surface area contributed by atoms with Crippen molar-refractivity contribution in [2.24, 2.45) is 0 Å². The van der Waals surface area contributed by atoms with E-state index in [0.717, 1.165) is 0 Å². The fraction of sp³-hybridized carbons (Fsp3) is 0.231. The lowest BCUT2D eigenvalue weighted by atomic mass is 10.0. The minimum atomic E-state index is -4.74. The van der Waals surface area contributed by atoms with Crippen LogP contribution in [0.2, 0.25) is 0 Å². The lowest BCUT2D eigenvalue weighted by Crippen LogP contribution is -2.13. The van der Waals surface area contributed by atoms with Crippen molar-refractivity contribution in [1.82, 2.24) is 0 Å². The van der Waals surface area contributed by atoms with Gasteiger partial charge in [0.25, 0.3) is 0 Å². The molecule has 1 rings (SSSR count). The molecule has 0 spiro atoms. The molecular weight excluding hydrogens is 229 g/mol. The highest BCUT2D eigenvalue weighted by molar-refractivity contribution is 5.76. The molecule has 17 heavy (non-hydrogen) atoms. The van der Waals surface area contributed by atoms with Crippen molar-refractivity contribution in [2.75, 3.05) is 0 Å². The van der Waals surface area contributed by atoms with E-state index in [4.69, 9.17) is 0 Å². The molecule has 1 nitrogen and oxygen atoms in total. The van der Waals surface area contributed by atoms with Gasteiger partial charge in [-0.25, -0.2) is 0 Å². The maximum Gasteiger partial charge on any atom is 0.449 e. The van der Waals surface area contributed by atoms with Crippen molar-refractivity contribution in [2.45, 2.75) is 20.0 Å². The number of rotatable bonds is 2. The normalized spacial score (nSPS) is 13.0. The highest BCUT2D eigenvalue weighted by Gasteiger charge is 2.36. The average molecular weight is 242 g/mol. The third-order valence-corrected chi connectivity index (χ3v) is 2.04. The van der Waals surface area contributed by atoms with Crippen LogP contribution in [0.5, 0.6) is 0 Å². The SMILES string of the molecule is CC(C)=C/C(=C(/O)C(F)(F)F)c1ccccc1.